The average molecular weight is 277 g/mol. The fourth-order valence-corrected chi connectivity index (χ4v) is 2.24. The molecule has 2 amide bonds. The Morgan fingerprint density at radius 2 is 2.15 bits per heavy atom. The molecule has 1 atom stereocenters. The number of aromatic nitrogens is 1. The number of pyridine rings is 1. The molecule has 106 valence electrons. The molecule has 0 spiro atoms. The third-order valence-electron chi connectivity index (χ3n) is 3.29. The number of carbonyl (C=O) groups excluding carboxylic acids is 2. The summed E-state index contributed by atoms with van der Waals surface area (Å²) in [5.74, 6) is -1.65. The van der Waals surface area contributed by atoms with Crippen LogP contribution in [-0.2, 0) is 4.79 Å². The van der Waals surface area contributed by atoms with Crippen LogP contribution in [-0.4, -0.2) is 52.4 Å². The van der Waals surface area contributed by atoms with E-state index in [0.29, 0.717) is 13.0 Å². The Morgan fingerprint density at radius 1 is 1.40 bits per heavy atom. The molecule has 2 rings (SSSR count). The molecular formula is C13H15N3O4. The topological polar surface area (TPSA) is 99.6 Å². The van der Waals surface area contributed by atoms with E-state index in [1.807, 2.05) is 0 Å². The van der Waals surface area contributed by atoms with Crippen molar-refractivity contribution in [1.29, 1.82) is 0 Å². The van der Waals surface area contributed by atoms with Gasteiger partial charge in [-0.05, 0) is 25.0 Å². The number of rotatable bonds is 3. The second-order valence-corrected chi connectivity index (χ2v) is 4.51. The number of nitrogens with zero attached hydrogens (tertiary/aromatic N) is 2. The Labute approximate surface area is 115 Å². The highest BCUT2D eigenvalue weighted by Gasteiger charge is 2.34. The second-order valence-electron chi connectivity index (χ2n) is 4.51. The van der Waals surface area contributed by atoms with Gasteiger partial charge in [0.05, 0.1) is 5.56 Å². The van der Waals surface area contributed by atoms with Gasteiger partial charge in [-0.2, -0.15) is 0 Å². The van der Waals surface area contributed by atoms with Crippen LogP contribution in [0, 0.1) is 0 Å². The SMILES string of the molecule is CNC(=O)C1CCCN1C(=O)c1ccc(C(=O)O)cn1. The van der Waals surface area contributed by atoms with Crippen molar-refractivity contribution in [2.45, 2.75) is 18.9 Å². The molecule has 1 aromatic heterocycles. The minimum absolute atomic E-state index is 0.0193. The summed E-state index contributed by atoms with van der Waals surface area (Å²) in [4.78, 5) is 40.1. The predicted octanol–water partition coefficient (Wildman–Crippen LogP) is 0.130. The van der Waals surface area contributed by atoms with Crippen LogP contribution in [0.4, 0.5) is 0 Å². The van der Waals surface area contributed by atoms with Crippen LogP contribution in [0.3, 0.4) is 0 Å². The summed E-state index contributed by atoms with van der Waals surface area (Å²) in [6.45, 7) is 0.499. The zero-order chi connectivity index (χ0) is 14.7. The Bertz CT molecular complexity index is 541. The molecular weight excluding hydrogens is 262 g/mol. The largest absolute Gasteiger partial charge is 0.478 e. The van der Waals surface area contributed by atoms with Crippen LogP contribution >= 0.6 is 0 Å². The summed E-state index contributed by atoms with van der Waals surface area (Å²) in [6, 6.07) is 2.21. The van der Waals surface area contributed by atoms with Gasteiger partial charge in [-0.3, -0.25) is 14.6 Å². The number of nitrogens with one attached hydrogen (secondary N) is 1. The minimum atomic E-state index is -1.10. The Balaban J connectivity index is 2.18. The number of aromatic carboxylic acids is 1. The molecule has 0 bridgehead atoms. The second kappa shape index (κ2) is 5.68. The number of carboxylic acids is 1. The first-order valence-corrected chi connectivity index (χ1v) is 6.26. The lowest BCUT2D eigenvalue weighted by Gasteiger charge is -2.22. The fraction of sp³-hybridized carbons (Fsp3) is 0.385. The van der Waals surface area contributed by atoms with E-state index in [1.165, 1.54) is 24.1 Å². The normalized spacial score (nSPS) is 17.9. The molecule has 0 radical (unpaired) electrons. The van der Waals surface area contributed by atoms with E-state index < -0.39 is 12.0 Å². The molecule has 7 nitrogen and oxygen atoms in total. The third-order valence-corrected chi connectivity index (χ3v) is 3.29. The van der Waals surface area contributed by atoms with Gasteiger partial charge in [-0.15, -0.1) is 0 Å². The van der Waals surface area contributed by atoms with Gasteiger partial charge in [0.25, 0.3) is 5.91 Å². The van der Waals surface area contributed by atoms with Crippen LogP contribution in [0.5, 0.6) is 0 Å². The maximum absolute atomic E-state index is 12.3. The third kappa shape index (κ3) is 2.61. The molecule has 20 heavy (non-hydrogen) atoms. The minimum Gasteiger partial charge on any atom is -0.478 e. The Hall–Kier alpha value is -2.44. The van der Waals surface area contributed by atoms with Crippen molar-refractivity contribution < 1.29 is 19.5 Å². The molecule has 1 aliphatic heterocycles. The smallest absolute Gasteiger partial charge is 0.337 e. The quantitative estimate of drug-likeness (QED) is 0.818. The fourth-order valence-electron chi connectivity index (χ4n) is 2.24. The standard InChI is InChI=1S/C13H15N3O4/c1-14-11(17)10-3-2-6-16(10)12(18)9-5-4-8(7-15-9)13(19)20/h4-5,7,10H,2-3,6H2,1H3,(H,14,17)(H,19,20). The van der Waals surface area contributed by atoms with E-state index in [1.54, 1.807) is 0 Å². The molecule has 1 aliphatic rings. The first-order chi connectivity index (χ1) is 9.54. The predicted molar refractivity (Wildman–Crippen MR) is 69.3 cm³/mol. The van der Waals surface area contributed by atoms with Crippen molar-refractivity contribution in [1.82, 2.24) is 15.2 Å². The van der Waals surface area contributed by atoms with Crippen molar-refractivity contribution in [3.8, 4) is 0 Å². The summed E-state index contributed by atoms with van der Waals surface area (Å²) < 4.78 is 0. The van der Waals surface area contributed by atoms with Crippen LogP contribution in [0.1, 0.15) is 33.7 Å². The number of hydrogen-bond acceptors (Lipinski definition) is 4. The van der Waals surface area contributed by atoms with Gasteiger partial charge in [0.2, 0.25) is 5.91 Å². The van der Waals surface area contributed by atoms with E-state index >= 15 is 0 Å². The van der Waals surface area contributed by atoms with Crippen molar-refractivity contribution in [2.75, 3.05) is 13.6 Å². The van der Waals surface area contributed by atoms with E-state index in [-0.39, 0.29) is 23.1 Å². The van der Waals surface area contributed by atoms with Crippen LogP contribution in [0.2, 0.25) is 0 Å². The molecule has 1 fully saturated rings. The maximum atomic E-state index is 12.3. The lowest BCUT2D eigenvalue weighted by Crippen LogP contribution is -2.45. The molecule has 0 aromatic carbocycles. The molecule has 2 heterocycles. The summed E-state index contributed by atoms with van der Waals surface area (Å²) in [5.41, 5.74) is 0.164. The highest BCUT2D eigenvalue weighted by atomic mass is 16.4. The summed E-state index contributed by atoms with van der Waals surface area (Å²) >= 11 is 0. The Morgan fingerprint density at radius 3 is 2.70 bits per heavy atom. The van der Waals surface area contributed by atoms with Gasteiger partial charge in [-0.1, -0.05) is 0 Å². The summed E-state index contributed by atoms with van der Waals surface area (Å²) in [7, 11) is 1.53. The summed E-state index contributed by atoms with van der Waals surface area (Å²) in [6.07, 6.45) is 2.52. The lowest BCUT2D eigenvalue weighted by atomic mass is 10.2. The molecule has 1 saturated heterocycles. The molecule has 1 unspecified atom stereocenters. The van der Waals surface area contributed by atoms with Crippen molar-refractivity contribution in [3.63, 3.8) is 0 Å². The van der Waals surface area contributed by atoms with E-state index in [2.05, 4.69) is 10.3 Å². The number of amides is 2. The van der Waals surface area contributed by atoms with E-state index in [0.717, 1.165) is 12.6 Å². The van der Waals surface area contributed by atoms with Gasteiger partial charge < -0.3 is 15.3 Å². The van der Waals surface area contributed by atoms with Crippen molar-refractivity contribution in [2.24, 2.45) is 0 Å². The number of carboxylic acid groups (broad SMARTS) is 1. The zero-order valence-corrected chi connectivity index (χ0v) is 11.0. The zero-order valence-electron chi connectivity index (χ0n) is 11.0. The monoisotopic (exact) mass is 277 g/mol. The van der Waals surface area contributed by atoms with Gasteiger partial charge in [-0.25, -0.2) is 4.79 Å². The molecule has 0 aliphatic carbocycles. The lowest BCUT2D eigenvalue weighted by molar-refractivity contribution is -0.124. The van der Waals surface area contributed by atoms with E-state index in [4.69, 9.17) is 5.11 Å². The van der Waals surface area contributed by atoms with Crippen molar-refractivity contribution in [3.05, 3.63) is 29.6 Å². The number of likely N-dealkylation sites (N-methyl/N-ethyl adjacent to an activating group) is 1. The van der Waals surface area contributed by atoms with Gasteiger partial charge in [0, 0.05) is 19.8 Å². The van der Waals surface area contributed by atoms with Gasteiger partial charge in [0.15, 0.2) is 0 Å². The first-order valence-electron chi connectivity index (χ1n) is 6.26. The number of carbonyl (C=O) groups is 3. The maximum Gasteiger partial charge on any atom is 0.337 e. The van der Waals surface area contributed by atoms with Crippen LogP contribution in [0.15, 0.2) is 18.3 Å². The molecule has 0 saturated carbocycles. The van der Waals surface area contributed by atoms with Crippen LogP contribution < -0.4 is 5.32 Å². The highest BCUT2D eigenvalue weighted by Crippen LogP contribution is 2.19. The summed E-state index contributed by atoms with van der Waals surface area (Å²) in [5, 5.41) is 11.3. The molecule has 7 heteroatoms. The Kier molecular flexibility index (Phi) is 3.97. The van der Waals surface area contributed by atoms with Crippen LogP contribution in [0.25, 0.3) is 0 Å². The average Bonchev–Trinajstić information content (AvgIpc) is 2.95. The van der Waals surface area contributed by atoms with Gasteiger partial charge >= 0.3 is 5.97 Å². The molecule has 2 N–H and O–H groups in total. The number of likely N-dealkylation sites (tertiary alicyclic amines) is 1. The van der Waals surface area contributed by atoms with E-state index in [9.17, 15) is 14.4 Å². The highest BCUT2D eigenvalue weighted by molar-refractivity contribution is 5.97. The van der Waals surface area contributed by atoms with Gasteiger partial charge in [0.1, 0.15) is 11.7 Å². The molecule has 1 aromatic rings. The van der Waals surface area contributed by atoms with Crippen molar-refractivity contribution >= 4 is 17.8 Å². The number of hydrogen-bond donors (Lipinski definition) is 2. The first kappa shape index (κ1) is 14.0.